The van der Waals surface area contributed by atoms with Crippen molar-refractivity contribution in [1.82, 2.24) is 9.38 Å². The molecule has 0 spiro atoms. The minimum Gasteiger partial charge on any atom is -0.383 e. The molecule has 2 N–H and O–H groups in total. The van der Waals surface area contributed by atoms with Crippen LogP contribution in [0.15, 0.2) is 30.6 Å². The van der Waals surface area contributed by atoms with Crippen molar-refractivity contribution < 1.29 is 10.2 Å². The van der Waals surface area contributed by atoms with E-state index in [4.69, 9.17) is 5.26 Å². The number of hydrogen-bond acceptors (Lipinski definition) is 4. The summed E-state index contributed by atoms with van der Waals surface area (Å²) in [5, 5.41) is 27.3. The van der Waals surface area contributed by atoms with Gasteiger partial charge in [0.2, 0.25) is 0 Å². The molecule has 15 heavy (non-hydrogen) atoms. The molecule has 0 saturated carbocycles. The molecule has 0 amide bonds. The van der Waals surface area contributed by atoms with E-state index in [0.717, 1.165) is 0 Å². The van der Waals surface area contributed by atoms with Crippen molar-refractivity contribution in [2.24, 2.45) is 0 Å². The van der Waals surface area contributed by atoms with Crippen molar-refractivity contribution in [1.29, 1.82) is 5.26 Å². The second-order valence-electron chi connectivity index (χ2n) is 3.13. The molecule has 0 bridgehead atoms. The molecule has 2 unspecified atom stereocenters. The van der Waals surface area contributed by atoms with Crippen LogP contribution >= 0.6 is 0 Å². The van der Waals surface area contributed by atoms with E-state index in [1.54, 1.807) is 28.8 Å². The first-order valence-electron chi connectivity index (χ1n) is 4.42. The molecule has 0 aromatic carbocycles. The van der Waals surface area contributed by atoms with E-state index in [0.29, 0.717) is 11.3 Å². The van der Waals surface area contributed by atoms with E-state index in [1.807, 2.05) is 6.07 Å². The zero-order chi connectivity index (χ0) is 10.8. The van der Waals surface area contributed by atoms with E-state index in [-0.39, 0.29) is 0 Å². The molecular weight excluding hydrogens is 194 g/mol. The second-order valence-corrected chi connectivity index (χ2v) is 3.13. The molecule has 2 atom stereocenters. The Labute approximate surface area is 85.8 Å². The molecule has 0 aliphatic carbocycles. The minimum atomic E-state index is -1.44. The Kier molecular flexibility index (Phi) is 2.37. The van der Waals surface area contributed by atoms with Crippen LogP contribution in [0.4, 0.5) is 0 Å². The van der Waals surface area contributed by atoms with Crippen LogP contribution in [0.5, 0.6) is 0 Å². The summed E-state index contributed by atoms with van der Waals surface area (Å²) in [6.07, 6.45) is 0.475. The lowest BCUT2D eigenvalue weighted by Gasteiger charge is -2.10. The third kappa shape index (κ3) is 1.56. The summed E-state index contributed by atoms with van der Waals surface area (Å²) < 4.78 is 1.63. The molecule has 0 aliphatic rings. The van der Waals surface area contributed by atoms with E-state index in [1.165, 1.54) is 6.20 Å². The number of nitriles is 1. The van der Waals surface area contributed by atoms with Gasteiger partial charge in [0.1, 0.15) is 11.8 Å². The lowest BCUT2D eigenvalue weighted by atomic mass is 10.2. The Morgan fingerprint density at radius 2 is 2.20 bits per heavy atom. The van der Waals surface area contributed by atoms with E-state index in [2.05, 4.69) is 4.98 Å². The maximum absolute atomic E-state index is 9.64. The molecule has 0 radical (unpaired) electrons. The molecule has 76 valence electrons. The van der Waals surface area contributed by atoms with Crippen LogP contribution in [0.3, 0.4) is 0 Å². The Morgan fingerprint density at radius 3 is 2.93 bits per heavy atom. The number of pyridine rings is 1. The van der Waals surface area contributed by atoms with Crippen LogP contribution in [0, 0.1) is 11.3 Å². The summed E-state index contributed by atoms with van der Waals surface area (Å²) in [6.45, 7) is 0. The van der Waals surface area contributed by atoms with Crippen LogP contribution in [-0.2, 0) is 0 Å². The van der Waals surface area contributed by atoms with Crippen molar-refractivity contribution in [2.75, 3.05) is 0 Å². The smallest absolute Gasteiger partial charge is 0.171 e. The van der Waals surface area contributed by atoms with Crippen LogP contribution in [0.25, 0.3) is 5.65 Å². The van der Waals surface area contributed by atoms with Gasteiger partial charge in [0.05, 0.1) is 18.0 Å². The Morgan fingerprint density at radius 1 is 1.40 bits per heavy atom. The van der Waals surface area contributed by atoms with Crippen LogP contribution in [-0.4, -0.2) is 25.7 Å². The number of imidazole rings is 1. The van der Waals surface area contributed by atoms with Crippen molar-refractivity contribution in [3.8, 4) is 6.07 Å². The van der Waals surface area contributed by atoms with Gasteiger partial charge in [0.25, 0.3) is 0 Å². The largest absolute Gasteiger partial charge is 0.383 e. The van der Waals surface area contributed by atoms with Crippen LogP contribution in [0.2, 0.25) is 0 Å². The SMILES string of the molecule is N#CC(O)C(O)c1cnc2ccccn12. The molecule has 2 aromatic heterocycles. The van der Waals surface area contributed by atoms with Gasteiger partial charge in [0, 0.05) is 6.20 Å². The van der Waals surface area contributed by atoms with Crippen molar-refractivity contribution in [3.63, 3.8) is 0 Å². The van der Waals surface area contributed by atoms with Gasteiger partial charge in [-0.15, -0.1) is 0 Å². The molecule has 0 fully saturated rings. The lowest BCUT2D eigenvalue weighted by molar-refractivity contribution is 0.0493. The molecule has 2 rings (SSSR count). The summed E-state index contributed by atoms with van der Waals surface area (Å²) in [4.78, 5) is 4.04. The van der Waals surface area contributed by atoms with Gasteiger partial charge >= 0.3 is 0 Å². The lowest BCUT2D eigenvalue weighted by Crippen LogP contribution is -2.17. The first-order valence-corrected chi connectivity index (χ1v) is 4.42. The number of aromatic nitrogens is 2. The third-order valence-corrected chi connectivity index (χ3v) is 2.18. The van der Waals surface area contributed by atoms with Gasteiger partial charge in [0.15, 0.2) is 6.10 Å². The van der Waals surface area contributed by atoms with Crippen molar-refractivity contribution in [3.05, 3.63) is 36.3 Å². The minimum absolute atomic E-state index is 0.402. The average molecular weight is 203 g/mol. The van der Waals surface area contributed by atoms with Crippen LogP contribution in [0.1, 0.15) is 11.8 Å². The molecule has 0 saturated heterocycles. The first-order chi connectivity index (χ1) is 7.24. The van der Waals surface area contributed by atoms with Crippen molar-refractivity contribution in [2.45, 2.75) is 12.2 Å². The number of aliphatic hydroxyl groups is 2. The van der Waals surface area contributed by atoms with Gasteiger partial charge in [-0.3, -0.25) is 0 Å². The van der Waals surface area contributed by atoms with E-state index in [9.17, 15) is 10.2 Å². The highest BCUT2D eigenvalue weighted by molar-refractivity contribution is 5.40. The molecule has 0 aliphatic heterocycles. The maximum atomic E-state index is 9.64. The number of rotatable bonds is 2. The number of nitrogens with zero attached hydrogens (tertiary/aromatic N) is 3. The molecule has 2 aromatic rings. The quantitative estimate of drug-likeness (QED) is 0.685. The zero-order valence-electron chi connectivity index (χ0n) is 7.78. The fourth-order valence-corrected chi connectivity index (χ4v) is 1.40. The summed E-state index contributed by atoms with van der Waals surface area (Å²) in [6, 6.07) is 6.95. The Hall–Kier alpha value is -1.90. The summed E-state index contributed by atoms with van der Waals surface area (Å²) in [5.74, 6) is 0. The second kappa shape index (κ2) is 3.69. The van der Waals surface area contributed by atoms with E-state index >= 15 is 0 Å². The monoisotopic (exact) mass is 203 g/mol. The fourth-order valence-electron chi connectivity index (χ4n) is 1.40. The third-order valence-electron chi connectivity index (χ3n) is 2.18. The highest BCUT2D eigenvalue weighted by Crippen LogP contribution is 2.17. The summed E-state index contributed by atoms with van der Waals surface area (Å²) in [7, 11) is 0. The summed E-state index contributed by atoms with van der Waals surface area (Å²) >= 11 is 0. The van der Waals surface area contributed by atoms with Gasteiger partial charge in [-0.25, -0.2) is 4.98 Å². The maximum Gasteiger partial charge on any atom is 0.171 e. The zero-order valence-corrected chi connectivity index (χ0v) is 7.78. The number of fused-ring (bicyclic) bond motifs is 1. The predicted octanol–water partition coefficient (Wildman–Crippen LogP) is 0.252. The van der Waals surface area contributed by atoms with Gasteiger partial charge in [-0.1, -0.05) is 6.07 Å². The van der Waals surface area contributed by atoms with Crippen molar-refractivity contribution >= 4 is 5.65 Å². The highest BCUT2D eigenvalue weighted by atomic mass is 16.3. The van der Waals surface area contributed by atoms with Gasteiger partial charge < -0.3 is 14.6 Å². The highest BCUT2D eigenvalue weighted by Gasteiger charge is 2.20. The molecule has 5 heteroatoms. The standard InChI is InChI=1S/C10H9N3O2/c11-5-8(14)10(15)7-6-12-9-3-1-2-4-13(7)9/h1-4,6,8,10,14-15H. The topological polar surface area (TPSA) is 81.5 Å². The average Bonchev–Trinajstić information content (AvgIpc) is 2.70. The number of hydrogen-bond donors (Lipinski definition) is 2. The first kappa shape index (κ1) is 9.65. The van der Waals surface area contributed by atoms with Gasteiger partial charge in [-0.2, -0.15) is 5.26 Å². The molecule has 2 heterocycles. The van der Waals surface area contributed by atoms with E-state index < -0.39 is 12.2 Å². The molecular formula is C10H9N3O2. The van der Waals surface area contributed by atoms with Gasteiger partial charge in [-0.05, 0) is 12.1 Å². The summed E-state index contributed by atoms with van der Waals surface area (Å²) in [5.41, 5.74) is 1.07. The normalized spacial score (nSPS) is 14.7. The Balaban J connectivity index is 2.49. The van der Waals surface area contributed by atoms with Crippen LogP contribution < -0.4 is 0 Å². The Bertz CT molecular complexity index is 515. The number of aliphatic hydroxyl groups excluding tert-OH is 2. The fraction of sp³-hybridized carbons (Fsp3) is 0.200. The molecule has 5 nitrogen and oxygen atoms in total. The predicted molar refractivity (Wildman–Crippen MR) is 51.8 cm³/mol.